The number of thiophene rings is 2. The average Bonchev–Trinajstić information content (AvgIpc) is 2.90. The molecule has 21 heavy (non-hydrogen) atoms. The zero-order valence-electron chi connectivity index (χ0n) is 14.0. The third-order valence-electron chi connectivity index (χ3n) is 4.04. The first-order valence-corrected chi connectivity index (χ1v) is 12.2. The van der Waals surface area contributed by atoms with Gasteiger partial charge in [0.05, 0.1) is 6.04 Å². The standard InChI is InChI=1S/C17H25NS2Si/c1-9-8-11-12-13(17(3,4)5)10(2)20-16(12)14(15(11)19-9)18-21(6)7/h8,14,18,21H,1-7H3. The highest BCUT2D eigenvalue weighted by Crippen LogP contribution is 2.55. The Balaban J connectivity index is 2.25. The van der Waals surface area contributed by atoms with Gasteiger partial charge in [0.15, 0.2) is 0 Å². The molecule has 2 aromatic heterocycles. The van der Waals surface area contributed by atoms with E-state index < -0.39 is 8.96 Å². The number of hydrogen-bond acceptors (Lipinski definition) is 3. The summed E-state index contributed by atoms with van der Waals surface area (Å²) in [4.78, 5) is 9.98. The predicted octanol–water partition coefficient (Wildman–Crippen LogP) is 5.37. The maximum atomic E-state index is 3.92. The number of rotatable bonds is 2. The van der Waals surface area contributed by atoms with Gasteiger partial charge < -0.3 is 4.98 Å². The predicted molar refractivity (Wildman–Crippen MR) is 99.7 cm³/mol. The van der Waals surface area contributed by atoms with E-state index in [4.69, 9.17) is 0 Å². The number of nitrogens with one attached hydrogen (secondary N) is 1. The molecular formula is C17H25NS2Si. The summed E-state index contributed by atoms with van der Waals surface area (Å²) >= 11 is 3.99. The van der Waals surface area contributed by atoms with E-state index in [1.54, 1.807) is 20.9 Å². The van der Waals surface area contributed by atoms with Crippen molar-refractivity contribution in [3.63, 3.8) is 0 Å². The van der Waals surface area contributed by atoms with Crippen molar-refractivity contribution in [3.8, 4) is 11.1 Å². The summed E-state index contributed by atoms with van der Waals surface area (Å²) in [6, 6.07) is 2.87. The quantitative estimate of drug-likeness (QED) is 0.728. The fourth-order valence-electron chi connectivity index (χ4n) is 3.49. The lowest BCUT2D eigenvalue weighted by molar-refractivity contribution is 0.591. The van der Waals surface area contributed by atoms with E-state index in [2.05, 4.69) is 58.8 Å². The summed E-state index contributed by atoms with van der Waals surface area (Å²) in [6.07, 6.45) is 0. The van der Waals surface area contributed by atoms with Crippen LogP contribution in [0.25, 0.3) is 11.1 Å². The van der Waals surface area contributed by atoms with Crippen molar-refractivity contribution in [1.82, 2.24) is 4.98 Å². The second-order valence-corrected chi connectivity index (χ2v) is 12.6. The van der Waals surface area contributed by atoms with Crippen molar-refractivity contribution in [2.45, 2.75) is 59.2 Å². The molecule has 1 nitrogen and oxygen atoms in total. The van der Waals surface area contributed by atoms with Crippen molar-refractivity contribution in [2.75, 3.05) is 0 Å². The van der Waals surface area contributed by atoms with E-state index in [1.165, 1.54) is 15.3 Å². The topological polar surface area (TPSA) is 12.0 Å². The normalized spacial score (nSPS) is 17.4. The van der Waals surface area contributed by atoms with Crippen LogP contribution in [0.5, 0.6) is 0 Å². The smallest absolute Gasteiger partial charge is 0.103 e. The van der Waals surface area contributed by atoms with Crippen LogP contribution in [0.2, 0.25) is 13.1 Å². The van der Waals surface area contributed by atoms with E-state index in [0.717, 1.165) is 0 Å². The van der Waals surface area contributed by atoms with Gasteiger partial charge in [-0.25, -0.2) is 0 Å². The SMILES string of the molecule is Cc1cc2c(s1)C(N[SiH](C)C)c1sc(C)c(C(C)(C)C)c1-2. The maximum Gasteiger partial charge on any atom is 0.103 e. The molecule has 1 aliphatic rings. The molecule has 0 aliphatic heterocycles. The van der Waals surface area contributed by atoms with Crippen LogP contribution in [-0.2, 0) is 5.41 Å². The molecule has 0 saturated carbocycles. The summed E-state index contributed by atoms with van der Waals surface area (Å²) in [5, 5.41) is 0. The summed E-state index contributed by atoms with van der Waals surface area (Å²) in [5.74, 6) is 0. The molecule has 4 heteroatoms. The summed E-state index contributed by atoms with van der Waals surface area (Å²) in [6.45, 7) is 16.3. The number of hydrogen-bond donors (Lipinski definition) is 1. The van der Waals surface area contributed by atoms with Gasteiger partial charge in [0.1, 0.15) is 8.96 Å². The Labute approximate surface area is 138 Å². The first kappa shape index (κ1) is 15.5. The molecule has 2 aromatic rings. The molecule has 1 N–H and O–H groups in total. The lowest BCUT2D eigenvalue weighted by Crippen LogP contribution is -2.30. The summed E-state index contributed by atoms with van der Waals surface area (Å²) in [5.41, 5.74) is 4.84. The molecule has 0 bridgehead atoms. The molecule has 0 spiro atoms. The minimum atomic E-state index is -0.817. The highest BCUT2D eigenvalue weighted by atomic mass is 32.1. The molecule has 0 radical (unpaired) electrons. The van der Waals surface area contributed by atoms with Gasteiger partial charge in [0, 0.05) is 25.1 Å². The molecule has 1 atom stereocenters. The highest BCUT2D eigenvalue weighted by molar-refractivity contribution is 7.15. The summed E-state index contributed by atoms with van der Waals surface area (Å²) in [7, 11) is -0.817. The number of fused-ring (bicyclic) bond motifs is 3. The van der Waals surface area contributed by atoms with Crippen molar-refractivity contribution < 1.29 is 0 Å². The van der Waals surface area contributed by atoms with Gasteiger partial charge >= 0.3 is 0 Å². The van der Waals surface area contributed by atoms with E-state index in [1.807, 2.05) is 22.7 Å². The molecule has 0 aromatic carbocycles. The number of aryl methyl sites for hydroxylation is 2. The minimum Gasteiger partial charge on any atom is -0.329 e. The molecule has 2 heterocycles. The first-order valence-electron chi connectivity index (χ1n) is 7.70. The Morgan fingerprint density at radius 1 is 1.10 bits per heavy atom. The molecule has 0 saturated heterocycles. The van der Waals surface area contributed by atoms with Gasteiger partial charge in [0.25, 0.3) is 0 Å². The molecular weight excluding hydrogens is 310 g/mol. The largest absolute Gasteiger partial charge is 0.329 e. The Hall–Kier alpha value is -0.423. The Bertz CT molecular complexity index is 688. The molecule has 114 valence electrons. The van der Waals surface area contributed by atoms with Crippen molar-refractivity contribution in [3.05, 3.63) is 31.1 Å². The molecule has 0 amide bonds. The van der Waals surface area contributed by atoms with Gasteiger partial charge in [-0.3, -0.25) is 0 Å². The summed E-state index contributed by atoms with van der Waals surface area (Å²) < 4.78 is 0. The van der Waals surface area contributed by atoms with Crippen molar-refractivity contribution in [2.24, 2.45) is 0 Å². The second kappa shape index (κ2) is 5.05. The first-order chi connectivity index (χ1) is 9.70. The van der Waals surface area contributed by atoms with Crippen LogP contribution in [0.4, 0.5) is 0 Å². The fraction of sp³-hybridized carbons (Fsp3) is 0.529. The van der Waals surface area contributed by atoms with Gasteiger partial charge in [0.2, 0.25) is 0 Å². The molecule has 1 aliphatic carbocycles. The van der Waals surface area contributed by atoms with Crippen LogP contribution in [-0.4, -0.2) is 8.96 Å². The Morgan fingerprint density at radius 2 is 1.76 bits per heavy atom. The minimum absolute atomic E-state index is 0.214. The van der Waals surface area contributed by atoms with E-state index >= 15 is 0 Å². The van der Waals surface area contributed by atoms with E-state index in [0.29, 0.717) is 6.04 Å². The van der Waals surface area contributed by atoms with Crippen molar-refractivity contribution >= 4 is 31.6 Å². The van der Waals surface area contributed by atoms with E-state index in [9.17, 15) is 0 Å². The Kier molecular flexibility index (Phi) is 3.72. The molecule has 1 unspecified atom stereocenters. The van der Waals surface area contributed by atoms with Gasteiger partial charge in [-0.15, -0.1) is 22.7 Å². The Morgan fingerprint density at radius 3 is 2.33 bits per heavy atom. The van der Waals surface area contributed by atoms with Crippen LogP contribution >= 0.6 is 22.7 Å². The van der Waals surface area contributed by atoms with Crippen LogP contribution in [0.3, 0.4) is 0 Å². The zero-order chi connectivity index (χ0) is 15.5. The maximum absolute atomic E-state index is 3.92. The second-order valence-electron chi connectivity index (χ2n) is 7.41. The highest BCUT2D eigenvalue weighted by Gasteiger charge is 2.38. The molecule has 3 rings (SSSR count). The van der Waals surface area contributed by atoms with Crippen LogP contribution in [0, 0.1) is 13.8 Å². The van der Waals surface area contributed by atoms with Gasteiger partial charge in [-0.2, -0.15) is 0 Å². The van der Waals surface area contributed by atoms with Crippen LogP contribution in [0.1, 0.15) is 51.9 Å². The monoisotopic (exact) mass is 335 g/mol. The lowest BCUT2D eigenvalue weighted by Gasteiger charge is -2.21. The lowest BCUT2D eigenvalue weighted by atomic mass is 9.83. The third-order valence-corrected chi connectivity index (χ3v) is 7.32. The third kappa shape index (κ3) is 2.46. The average molecular weight is 336 g/mol. The van der Waals surface area contributed by atoms with E-state index in [-0.39, 0.29) is 5.41 Å². The van der Waals surface area contributed by atoms with Crippen molar-refractivity contribution in [1.29, 1.82) is 0 Å². The van der Waals surface area contributed by atoms with Crippen LogP contribution < -0.4 is 4.98 Å². The molecule has 0 fully saturated rings. The fourth-order valence-corrected chi connectivity index (χ4v) is 7.36. The van der Waals surface area contributed by atoms with Crippen LogP contribution in [0.15, 0.2) is 6.07 Å². The van der Waals surface area contributed by atoms with Gasteiger partial charge in [-0.05, 0) is 36.5 Å². The van der Waals surface area contributed by atoms with Gasteiger partial charge in [-0.1, -0.05) is 33.9 Å². The zero-order valence-corrected chi connectivity index (χ0v) is 16.8.